The highest BCUT2D eigenvalue weighted by atomic mass is 32.1. The van der Waals surface area contributed by atoms with E-state index in [2.05, 4.69) is 20.0 Å². The van der Waals surface area contributed by atoms with Crippen molar-refractivity contribution in [3.05, 3.63) is 22.3 Å². The Morgan fingerprint density at radius 2 is 2.28 bits per heavy atom. The molecule has 0 fully saturated rings. The predicted octanol–water partition coefficient (Wildman–Crippen LogP) is 2.43. The molecule has 0 N–H and O–H groups in total. The summed E-state index contributed by atoms with van der Waals surface area (Å²) in [5, 5.41) is 8.47. The van der Waals surface area contributed by atoms with Crippen molar-refractivity contribution in [2.75, 3.05) is 11.9 Å². The van der Waals surface area contributed by atoms with E-state index in [1.165, 1.54) is 4.70 Å². The first kappa shape index (κ1) is 11.6. The molecule has 0 saturated heterocycles. The lowest BCUT2D eigenvalue weighted by molar-refractivity contribution is 0.772. The molecule has 3 aromatic heterocycles. The van der Waals surface area contributed by atoms with Crippen molar-refractivity contribution < 1.29 is 0 Å². The third kappa shape index (κ3) is 1.89. The van der Waals surface area contributed by atoms with Crippen molar-refractivity contribution in [2.24, 2.45) is 7.05 Å². The smallest absolute Gasteiger partial charge is 0.188 e. The lowest BCUT2D eigenvalue weighted by Gasteiger charge is -2.13. The third-order valence-corrected chi connectivity index (χ3v) is 4.75. The first-order chi connectivity index (χ1) is 8.65. The van der Waals surface area contributed by atoms with Crippen molar-refractivity contribution in [2.45, 2.75) is 13.5 Å². The van der Waals surface area contributed by atoms with Gasteiger partial charge in [-0.3, -0.25) is 0 Å². The summed E-state index contributed by atoms with van der Waals surface area (Å²) >= 11 is 3.35. The van der Waals surface area contributed by atoms with Crippen molar-refractivity contribution in [1.29, 1.82) is 0 Å². The summed E-state index contributed by atoms with van der Waals surface area (Å²) in [4.78, 5) is 11.1. The maximum absolute atomic E-state index is 4.64. The number of hydrogen-bond donors (Lipinski definition) is 0. The fourth-order valence-electron chi connectivity index (χ4n) is 1.84. The minimum atomic E-state index is 0.796. The summed E-state index contributed by atoms with van der Waals surface area (Å²) in [5.41, 5.74) is 2.00. The number of hydrogen-bond acceptors (Lipinski definition) is 6. The van der Waals surface area contributed by atoms with E-state index in [0.717, 1.165) is 28.0 Å². The number of anilines is 1. The van der Waals surface area contributed by atoms with Crippen LogP contribution in [0.15, 0.2) is 11.6 Å². The van der Waals surface area contributed by atoms with Crippen LogP contribution < -0.4 is 4.90 Å². The van der Waals surface area contributed by atoms with Gasteiger partial charge < -0.3 is 4.90 Å². The average molecular weight is 279 g/mol. The highest BCUT2D eigenvalue weighted by molar-refractivity contribution is 7.22. The van der Waals surface area contributed by atoms with Crippen molar-refractivity contribution in [1.82, 2.24) is 19.7 Å². The zero-order valence-electron chi connectivity index (χ0n) is 10.4. The van der Waals surface area contributed by atoms with Gasteiger partial charge in [-0.05, 0) is 6.92 Å². The second-order valence-electron chi connectivity index (χ2n) is 4.14. The van der Waals surface area contributed by atoms with Gasteiger partial charge >= 0.3 is 0 Å². The van der Waals surface area contributed by atoms with Gasteiger partial charge in [0.05, 0.1) is 16.9 Å². The molecule has 0 saturated carbocycles. The van der Waals surface area contributed by atoms with Crippen LogP contribution in [-0.2, 0) is 13.6 Å². The molecule has 0 aliphatic heterocycles. The van der Waals surface area contributed by atoms with Gasteiger partial charge in [-0.15, -0.1) is 11.3 Å². The number of thiazole rings is 2. The van der Waals surface area contributed by atoms with Crippen LogP contribution >= 0.6 is 22.7 Å². The van der Waals surface area contributed by atoms with Gasteiger partial charge in [-0.25, -0.2) is 14.6 Å². The van der Waals surface area contributed by atoms with Crippen LogP contribution in [0.1, 0.15) is 10.7 Å². The minimum Gasteiger partial charge on any atom is -0.344 e. The third-order valence-electron chi connectivity index (χ3n) is 2.72. The monoisotopic (exact) mass is 279 g/mol. The largest absolute Gasteiger partial charge is 0.344 e. The van der Waals surface area contributed by atoms with Crippen LogP contribution in [0.2, 0.25) is 0 Å². The van der Waals surface area contributed by atoms with Gasteiger partial charge in [-0.2, -0.15) is 5.10 Å². The van der Waals surface area contributed by atoms with Crippen LogP contribution in [-0.4, -0.2) is 26.8 Å². The van der Waals surface area contributed by atoms with Gasteiger partial charge in [0.15, 0.2) is 10.8 Å². The lowest BCUT2D eigenvalue weighted by atomic mass is 10.5. The van der Waals surface area contributed by atoms with E-state index in [4.69, 9.17) is 0 Å². The standard InChI is InChI=1S/C11H13N5S2/c1-7-9-10(16(3)14-7)13-11(18-9)15(2)6-8-12-4-5-17-8/h4-5H,6H2,1-3H3. The molecule has 0 unspecified atom stereocenters. The molecule has 5 nitrogen and oxygen atoms in total. The lowest BCUT2D eigenvalue weighted by Crippen LogP contribution is -2.15. The second kappa shape index (κ2) is 4.33. The molecule has 0 spiro atoms. The molecule has 3 rings (SSSR count). The molecule has 3 heterocycles. The first-order valence-corrected chi connectivity index (χ1v) is 7.24. The highest BCUT2D eigenvalue weighted by Crippen LogP contribution is 2.30. The molecular formula is C11H13N5S2. The number of aromatic nitrogens is 4. The van der Waals surface area contributed by atoms with E-state index >= 15 is 0 Å². The van der Waals surface area contributed by atoms with Crippen LogP contribution in [0.3, 0.4) is 0 Å². The fourth-order valence-corrected chi connectivity index (χ4v) is 3.50. The van der Waals surface area contributed by atoms with Gasteiger partial charge in [0.25, 0.3) is 0 Å². The summed E-state index contributed by atoms with van der Waals surface area (Å²) in [5.74, 6) is 0. The highest BCUT2D eigenvalue weighted by Gasteiger charge is 2.14. The van der Waals surface area contributed by atoms with Crippen molar-refractivity contribution >= 4 is 38.2 Å². The average Bonchev–Trinajstić information content (AvgIpc) is 3.00. The van der Waals surface area contributed by atoms with E-state index in [1.807, 2.05) is 37.3 Å². The van der Waals surface area contributed by atoms with E-state index in [-0.39, 0.29) is 0 Å². The summed E-state index contributed by atoms with van der Waals surface area (Å²) < 4.78 is 3.00. The molecule has 3 aromatic rings. The maximum atomic E-state index is 4.64. The quantitative estimate of drug-likeness (QED) is 0.739. The van der Waals surface area contributed by atoms with Gasteiger partial charge in [0, 0.05) is 25.7 Å². The van der Waals surface area contributed by atoms with Crippen molar-refractivity contribution in [3.63, 3.8) is 0 Å². The molecule has 0 aliphatic rings. The van der Waals surface area contributed by atoms with E-state index in [0.29, 0.717) is 0 Å². The number of nitrogens with zero attached hydrogens (tertiary/aromatic N) is 5. The Kier molecular flexibility index (Phi) is 2.79. The van der Waals surface area contributed by atoms with Gasteiger partial charge in [0.1, 0.15) is 5.01 Å². The zero-order chi connectivity index (χ0) is 12.7. The normalized spacial score (nSPS) is 11.3. The summed E-state index contributed by atoms with van der Waals surface area (Å²) in [7, 11) is 3.97. The Balaban J connectivity index is 1.92. The van der Waals surface area contributed by atoms with E-state index in [1.54, 1.807) is 22.7 Å². The summed E-state index contributed by atoms with van der Waals surface area (Å²) in [6.45, 7) is 2.81. The molecular weight excluding hydrogens is 266 g/mol. The molecule has 0 aromatic carbocycles. The molecule has 0 radical (unpaired) electrons. The summed E-state index contributed by atoms with van der Waals surface area (Å²) in [6, 6.07) is 0. The molecule has 0 bridgehead atoms. The molecule has 7 heteroatoms. The van der Waals surface area contributed by atoms with Crippen molar-refractivity contribution in [3.8, 4) is 0 Å². The zero-order valence-corrected chi connectivity index (χ0v) is 12.0. The Hall–Kier alpha value is -1.47. The number of rotatable bonds is 3. The Bertz CT molecular complexity index is 633. The topological polar surface area (TPSA) is 46.8 Å². The first-order valence-electron chi connectivity index (χ1n) is 5.55. The van der Waals surface area contributed by atoms with Gasteiger partial charge in [-0.1, -0.05) is 11.3 Å². The van der Waals surface area contributed by atoms with Crippen LogP contribution in [0.25, 0.3) is 10.3 Å². The van der Waals surface area contributed by atoms with E-state index < -0.39 is 0 Å². The Labute approximate surface area is 113 Å². The van der Waals surface area contributed by atoms with Gasteiger partial charge in [0.2, 0.25) is 0 Å². The van der Waals surface area contributed by atoms with Crippen LogP contribution in [0, 0.1) is 6.92 Å². The number of fused-ring (bicyclic) bond motifs is 1. The molecule has 18 heavy (non-hydrogen) atoms. The molecule has 0 amide bonds. The Morgan fingerprint density at radius 3 is 2.94 bits per heavy atom. The molecule has 0 atom stereocenters. The molecule has 94 valence electrons. The van der Waals surface area contributed by atoms with Crippen LogP contribution in [0.5, 0.6) is 0 Å². The SMILES string of the molecule is Cc1nn(C)c2nc(N(C)Cc3nccs3)sc12. The maximum Gasteiger partial charge on any atom is 0.188 e. The second-order valence-corrected chi connectivity index (χ2v) is 6.10. The van der Waals surface area contributed by atoms with Crippen LogP contribution in [0.4, 0.5) is 5.13 Å². The fraction of sp³-hybridized carbons (Fsp3) is 0.364. The predicted molar refractivity (Wildman–Crippen MR) is 75.3 cm³/mol. The molecule has 0 aliphatic carbocycles. The summed E-state index contributed by atoms with van der Waals surface area (Å²) in [6.07, 6.45) is 1.83. The Morgan fingerprint density at radius 1 is 1.44 bits per heavy atom. The number of aryl methyl sites for hydroxylation is 2. The van der Waals surface area contributed by atoms with E-state index in [9.17, 15) is 0 Å². The minimum absolute atomic E-state index is 0.796.